The predicted octanol–water partition coefficient (Wildman–Crippen LogP) is -0.469. The first kappa shape index (κ1) is 38.9. The second-order valence-corrected chi connectivity index (χ2v) is 0. The van der Waals surface area contributed by atoms with E-state index in [0.29, 0.717) is 0 Å². The minimum absolute atomic E-state index is 0. The third-order valence-electron chi connectivity index (χ3n) is 0. The van der Waals surface area contributed by atoms with Gasteiger partial charge >= 0.3 is 52.2 Å². The summed E-state index contributed by atoms with van der Waals surface area (Å²) in [6.07, 6.45) is 0. The van der Waals surface area contributed by atoms with E-state index in [1.807, 2.05) is 0 Å². The Bertz CT molecular complexity index is 41.0. The van der Waals surface area contributed by atoms with Gasteiger partial charge in [-0.05, 0) is 0 Å². The quantitative estimate of drug-likeness (QED) is 0.235. The van der Waals surface area contributed by atoms with Gasteiger partial charge in [-0.3, -0.25) is 0 Å². The van der Waals surface area contributed by atoms with Crippen LogP contribution in [0.15, 0.2) is 0 Å². The van der Waals surface area contributed by atoms with Gasteiger partial charge in [-0.1, -0.05) is 0 Å². The maximum absolute atomic E-state index is 7.94. The molecule has 0 saturated carbocycles. The van der Waals surface area contributed by atoms with Crippen molar-refractivity contribution in [2.45, 2.75) is 0 Å². The van der Waals surface area contributed by atoms with Crippen LogP contribution >= 0.6 is 0 Å². The molecule has 0 saturated heterocycles. The molecule has 6 heteroatoms. The van der Waals surface area contributed by atoms with Crippen LogP contribution in [-0.2, 0) is 59.6 Å². The summed E-state index contributed by atoms with van der Waals surface area (Å²) in [6, 6.07) is 0. The van der Waals surface area contributed by atoms with Crippen molar-refractivity contribution in [2.24, 2.45) is 0 Å². The fourth-order valence-corrected chi connectivity index (χ4v) is 0. The SMILES string of the molecule is O=[SH+].[C-]#[O+].[C-]#[O+].[Fe+2].[Ni]. The minimum Gasteiger partial charge on any atom is 0 e. The smallest absolute Gasteiger partial charge is 0 e. The molecule has 0 radical (unpaired) electrons. The molecular weight excluding hydrogens is 219 g/mol. The number of rotatable bonds is 0. The van der Waals surface area contributed by atoms with E-state index in [4.69, 9.17) is 13.5 Å². The topological polar surface area (TPSA) is 56.9 Å². The molecular formula is C2HFeNiO3S+3. The molecule has 0 aromatic heterocycles. The minimum atomic E-state index is 0. The average molecular weight is 220 g/mol. The molecule has 0 heterocycles. The van der Waals surface area contributed by atoms with E-state index in [-0.39, 0.29) is 33.6 Å². The molecule has 0 rings (SSSR count). The Morgan fingerprint density at radius 2 is 1.00 bits per heavy atom. The van der Waals surface area contributed by atoms with Crippen LogP contribution in [-0.4, -0.2) is 0 Å². The Labute approximate surface area is 73.0 Å². The molecule has 0 atom stereocenters. The van der Waals surface area contributed by atoms with Crippen LogP contribution in [0.5, 0.6) is 0 Å². The summed E-state index contributed by atoms with van der Waals surface area (Å²) in [4.78, 5) is 0. The summed E-state index contributed by atoms with van der Waals surface area (Å²) in [5.74, 6) is 0. The maximum atomic E-state index is 7.94. The van der Waals surface area contributed by atoms with Gasteiger partial charge in [-0.2, -0.15) is 0 Å². The Morgan fingerprint density at radius 3 is 1.00 bits per heavy atom. The van der Waals surface area contributed by atoms with Gasteiger partial charge in [0.15, 0.2) is 0 Å². The summed E-state index contributed by atoms with van der Waals surface area (Å²) in [5, 5.41) is 0. The van der Waals surface area contributed by atoms with Crippen molar-refractivity contribution >= 4 is 12.5 Å². The van der Waals surface area contributed by atoms with Crippen LogP contribution in [0.25, 0.3) is 0 Å². The molecule has 0 aromatic carbocycles. The fourth-order valence-electron chi connectivity index (χ4n) is 0. The number of hydrogen-bond donors (Lipinski definition) is 0. The third-order valence-corrected chi connectivity index (χ3v) is 0. The normalized spacial score (nSPS) is 1.00. The van der Waals surface area contributed by atoms with Gasteiger partial charge < -0.3 is 0 Å². The Morgan fingerprint density at radius 1 is 1.00 bits per heavy atom. The Kier molecular flexibility index (Phi) is 5890. The molecule has 8 heavy (non-hydrogen) atoms. The zero-order valence-corrected chi connectivity index (χ0v) is 6.33. The molecule has 0 aromatic rings. The predicted molar refractivity (Wildman–Crippen MR) is 17.3 cm³/mol. The van der Waals surface area contributed by atoms with E-state index in [0.717, 1.165) is 0 Å². The van der Waals surface area contributed by atoms with E-state index >= 15 is 0 Å². The van der Waals surface area contributed by atoms with E-state index in [2.05, 4.69) is 25.8 Å². The first-order valence-corrected chi connectivity index (χ1v) is 0.956. The molecule has 0 aliphatic rings. The van der Waals surface area contributed by atoms with Gasteiger partial charge in [-0.15, -0.1) is 0 Å². The Hall–Kier alpha value is 0.513. The maximum Gasteiger partial charge on any atom is 2.00 e. The van der Waals surface area contributed by atoms with Gasteiger partial charge in [0.2, 0.25) is 0 Å². The molecule has 0 bridgehead atoms. The van der Waals surface area contributed by atoms with Crippen molar-refractivity contribution in [2.75, 3.05) is 0 Å². The summed E-state index contributed by atoms with van der Waals surface area (Å²) < 4.78 is 22.9. The molecule has 0 spiro atoms. The van der Waals surface area contributed by atoms with Crippen LogP contribution < -0.4 is 0 Å². The van der Waals surface area contributed by atoms with Crippen molar-refractivity contribution in [1.29, 1.82) is 0 Å². The van der Waals surface area contributed by atoms with Crippen molar-refractivity contribution < 1.29 is 47.1 Å². The van der Waals surface area contributed by atoms with Crippen molar-refractivity contribution in [3.63, 3.8) is 0 Å². The monoisotopic (exact) mass is 219 g/mol. The second-order valence-electron chi connectivity index (χ2n) is 0. The molecule has 0 aliphatic carbocycles. The second kappa shape index (κ2) is 1210. The van der Waals surface area contributed by atoms with Crippen molar-refractivity contribution in [1.82, 2.24) is 0 Å². The summed E-state index contributed by atoms with van der Waals surface area (Å²) in [7, 11) is 0. The first-order chi connectivity index (χ1) is 3.00. The molecule has 0 fully saturated rings. The summed E-state index contributed by atoms with van der Waals surface area (Å²) >= 11 is 2.28. The standard InChI is InChI=1S/2CO.Fe.Ni.OS/c2*1-2;;;1-2/q;;+2;;/p+1. The number of thiol groups is 1. The van der Waals surface area contributed by atoms with Crippen LogP contribution in [0.4, 0.5) is 0 Å². The van der Waals surface area contributed by atoms with E-state index in [1.54, 1.807) is 0 Å². The first-order valence-electron chi connectivity index (χ1n) is 0.591. The molecule has 0 amide bonds. The molecule has 0 aliphatic heterocycles. The van der Waals surface area contributed by atoms with Crippen LogP contribution in [0.3, 0.4) is 0 Å². The summed E-state index contributed by atoms with van der Waals surface area (Å²) in [5.41, 5.74) is 0. The average Bonchev–Trinajstić information content (AvgIpc) is 1.81. The number of hydrogen-bond acceptors (Lipinski definition) is 1. The van der Waals surface area contributed by atoms with Crippen molar-refractivity contribution in [3.05, 3.63) is 13.3 Å². The Balaban J connectivity index is -0.00000000500. The zero-order chi connectivity index (χ0) is 6.00. The van der Waals surface area contributed by atoms with Gasteiger partial charge in [0.1, 0.15) is 0 Å². The van der Waals surface area contributed by atoms with Gasteiger partial charge in [-0.25, -0.2) is 0 Å². The van der Waals surface area contributed by atoms with Gasteiger partial charge in [0.25, 0.3) is 0 Å². The largest absolute Gasteiger partial charge is 2.00 e. The van der Waals surface area contributed by atoms with E-state index in [9.17, 15) is 0 Å². The molecule has 0 N–H and O–H groups in total. The fraction of sp³-hybridized carbons (Fsp3) is 0. The molecule has 0 unspecified atom stereocenters. The van der Waals surface area contributed by atoms with Crippen molar-refractivity contribution in [3.8, 4) is 0 Å². The van der Waals surface area contributed by atoms with Crippen LogP contribution in [0, 0.1) is 13.3 Å². The zero-order valence-electron chi connectivity index (χ0n) is 3.34. The van der Waals surface area contributed by atoms with E-state index < -0.39 is 0 Å². The van der Waals surface area contributed by atoms with Crippen LogP contribution in [0.1, 0.15) is 0 Å². The van der Waals surface area contributed by atoms with E-state index in [1.165, 1.54) is 0 Å². The molecule has 3 nitrogen and oxygen atoms in total. The third kappa shape index (κ3) is 752. The van der Waals surface area contributed by atoms with Crippen LogP contribution in [0.2, 0.25) is 0 Å². The summed E-state index contributed by atoms with van der Waals surface area (Å²) in [6.45, 7) is 9.00. The molecule has 48 valence electrons. The van der Waals surface area contributed by atoms with Gasteiger partial charge in [0, 0.05) is 20.7 Å². The van der Waals surface area contributed by atoms with Gasteiger partial charge in [0.05, 0.1) is 0 Å².